The molecule has 9 heteroatoms. The second-order valence-corrected chi connectivity index (χ2v) is 6.95. The van der Waals surface area contributed by atoms with Crippen molar-refractivity contribution in [2.24, 2.45) is 5.92 Å². The van der Waals surface area contributed by atoms with Crippen molar-refractivity contribution < 1.29 is 23.1 Å². The number of alkyl halides is 3. The van der Waals surface area contributed by atoms with Gasteiger partial charge in [0.15, 0.2) is 5.69 Å². The highest BCUT2D eigenvalue weighted by Gasteiger charge is 2.34. The predicted molar refractivity (Wildman–Crippen MR) is 109 cm³/mol. The van der Waals surface area contributed by atoms with Gasteiger partial charge in [0.05, 0.1) is 12.1 Å². The quantitative estimate of drug-likeness (QED) is 0.576. The van der Waals surface area contributed by atoms with E-state index in [-0.39, 0.29) is 18.4 Å². The number of rotatable bonds is 3. The number of pyridine rings is 1. The smallest absolute Gasteiger partial charge is 0.384 e. The molecule has 0 spiro atoms. The van der Waals surface area contributed by atoms with Gasteiger partial charge in [0, 0.05) is 36.5 Å². The number of aliphatic hydroxyl groups is 1. The topological polar surface area (TPSA) is 69.8 Å². The fourth-order valence-electron chi connectivity index (χ4n) is 3.36. The minimum atomic E-state index is -4.60. The van der Waals surface area contributed by atoms with E-state index in [1.807, 2.05) is 0 Å². The minimum Gasteiger partial charge on any atom is -0.384 e. The van der Waals surface area contributed by atoms with Crippen LogP contribution in [0.3, 0.4) is 0 Å². The Morgan fingerprint density at radius 1 is 1.29 bits per heavy atom. The Balaban J connectivity index is 1.60. The van der Waals surface area contributed by atoms with Crippen LogP contribution < -0.4 is 10.2 Å². The van der Waals surface area contributed by atoms with E-state index in [9.17, 15) is 18.0 Å². The lowest BCUT2D eigenvalue weighted by Gasteiger charge is -2.33. The van der Waals surface area contributed by atoms with Gasteiger partial charge in [0.2, 0.25) is 5.91 Å². The molecule has 3 rings (SSSR count). The van der Waals surface area contributed by atoms with Gasteiger partial charge in [-0.2, -0.15) is 13.2 Å². The van der Waals surface area contributed by atoms with Crippen molar-refractivity contribution in [2.45, 2.75) is 19.0 Å². The molecule has 0 saturated carbocycles. The van der Waals surface area contributed by atoms with Gasteiger partial charge in [-0.1, -0.05) is 17.9 Å². The minimum absolute atomic E-state index is 0.194. The molecule has 0 bridgehead atoms. The van der Waals surface area contributed by atoms with Crippen LogP contribution in [-0.4, -0.2) is 35.7 Å². The van der Waals surface area contributed by atoms with Gasteiger partial charge in [-0.25, -0.2) is 9.83 Å². The first-order chi connectivity index (χ1) is 14.8. The molecule has 160 valence electrons. The van der Waals surface area contributed by atoms with E-state index in [0.717, 1.165) is 6.07 Å². The largest absolute Gasteiger partial charge is 0.407 e. The van der Waals surface area contributed by atoms with Gasteiger partial charge in [-0.15, -0.1) is 0 Å². The molecule has 31 heavy (non-hydrogen) atoms. The first kappa shape index (κ1) is 22.1. The lowest BCUT2D eigenvalue weighted by Crippen LogP contribution is -2.38. The molecule has 1 aromatic heterocycles. The lowest BCUT2D eigenvalue weighted by atomic mass is 9.95. The maximum atomic E-state index is 13.2. The van der Waals surface area contributed by atoms with Crippen molar-refractivity contribution in [2.75, 3.05) is 29.9 Å². The van der Waals surface area contributed by atoms with E-state index in [0.29, 0.717) is 43.0 Å². The summed E-state index contributed by atoms with van der Waals surface area (Å²) in [6.45, 7) is 7.53. The summed E-state index contributed by atoms with van der Waals surface area (Å²) in [5.41, 5.74) is -0.368. The molecule has 1 aliphatic heterocycles. The van der Waals surface area contributed by atoms with Crippen molar-refractivity contribution in [1.82, 2.24) is 4.98 Å². The normalized spacial score (nSPS) is 14.4. The summed E-state index contributed by atoms with van der Waals surface area (Å²) >= 11 is 0. The van der Waals surface area contributed by atoms with Crippen LogP contribution in [0.1, 0.15) is 24.0 Å². The van der Waals surface area contributed by atoms with Gasteiger partial charge in [0.1, 0.15) is 12.4 Å². The molecule has 1 aromatic carbocycles. The molecule has 2 N–H and O–H groups in total. The van der Waals surface area contributed by atoms with Crippen molar-refractivity contribution in [3.63, 3.8) is 0 Å². The van der Waals surface area contributed by atoms with Gasteiger partial charge in [-0.3, -0.25) is 4.79 Å². The first-order valence-corrected chi connectivity index (χ1v) is 9.52. The number of carbonyl (C=O) groups is 1. The highest BCUT2D eigenvalue weighted by Crippen LogP contribution is 2.39. The molecule has 0 radical (unpaired) electrons. The molecule has 1 fully saturated rings. The number of hydrogen-bond acceptors (Lipinski definition) is 4. The van der Waals surface area contributed by atoms with Gasteiger partial charge >= 0.3 is 6.18 Å². The fraction of sp³-hybridized carbons (Fsp3) is 0.318. The number of hydrogen-bond donors (Lipinski definition) is 2. The maximum Gasteiger partial charge on any atom is 0.407 e. The van der Waals surface area contributed by atoms with Crippen LogP contribution in [0.4, 0.5) is 30.4 Å². The number of halogens is 3. The Bertz CT molecular complexity index is 1040. The van der Waals surface area contributed by atoms with Crippen LogP contribution in [0.2, 0.25) is 0 Å². The SMILES string of the molecule is [C-]#[N+]c1ccc(N2CCC(C(=O)Nc3ccc(C#CCO)cn3)CC2)cc1C(F)(F)F. The van der Waals surface area contributed by atoms with Crippen molar-refractivity contribution in [3.8, 4) is 11.8 Å². The molecule has 6 nitrogen and oxygen atoms in total. The number of amides is 1. The molecule has 2 heterocycles. The number of anilines is 2. The third kappa shape index (κ3) is 5.53. The number of piperidine rings is 1. The number of aromatic nitrogens is 1. The summed E-state index contributed by atoms with van der Waals surface area (Å²) in [6, 6.07) is 6.99. The van der Waals surface area contributed by atoms with Gasteiger partial charge < -0.3 is 15.3 Å². The van der Waals surface area contributed by atoms with Gasteiger partial charge in [-0.05, 0) is 37.1 Å². The molecule has 1 aliphatic rings. The molecule has 0 atom stereocenters. The van der Waals surface area contributed by atoms with Gasteiger partial charge in [0.25, 0.3) is 0 Å². The maximum absolute atomic E-state index is 13.2. The summed E-state index contributed by atoms with van der Waals surface area (Å²) < 4.78 is 39.6. The zero-order valence-electron chi connectivity index (χ0n) is 16.4. The second kappa shape index (κ2) is 9.50. The number of nitrogens with zero attached hydrogens (tertiary/aromatic N) is 3. The Morgan fingerprint density at radius 3 is 2.61 bits per heavy atom. The average Bonchev–Trinajstić information content (AvgIpc) is 2.77. The summed E-state index contributed by atoms with van der Waals surface area (Å²) in [5, 5.41) is 11.4. The van der Waals surface area contributed by atoms with E-state index >= 15 is 0 Å². The summed E-state index contributed by atoms with van der Waals surface area (Å²) in [4.78, 5) is 21.4. The predicted octanol–water partition coefficient (Wildman–Crippen LogP) is 3.85. The Kier molecular flexibility index (Phi) is 6.78. The van der Waals surface area contributed by atoms with E-state index in [1.165, 1.54) is 18.3 Å². The van der Waals surface area contributed by atoms with Crippen LogP contribution in [0.25, 0.3) is 4.85 Å². The van der Waals surface area contributed by atoms with Crippen molar-refractivity contribution >= 4 is 23.1 Å². The molecule has 0 unspecified atom stereocenters. The Hall–Kier alpha value is -3.56. The molecular weight excluding hydrogens is 409 g/mol. The second-order valence-electron chi connectivity index (χ2n) is 6.95. The zero-order chi connectivity index (χ0) is 22.4. The first-order valence-electron chi connectivity index (χ1n) is 9.52. The molecular formula is C22H19F3N4O2. The zero-order valence-corrected chi connectivity index (χ0v) is 16.4. The van der Waals surface area contributed by atoms with E-state index in [4.69, 9.17) is 11.7 Å². The highest BCUT2D eigenvalue weighted by molar-refractivity contribution is 5.91. The van der Waals surface area contributed by atoms with Crippen molar-refractivity contribution in [1.29, 1.82) is 0 Å². The number of aliphatic hydroxyl groups excluding tert-OH is 1. The molecule has 1 saturated heterocycles. The third-order valence-electron chi connectivity index (χ3n) is 4.96. The Labute approximate surface area is 177 Å². The fourth-order valence-corrected chi connectivity index (χ4v) is 3.36. The van der Waals surface area contributed by atoms with E-state index < -0.39 is 17.4 Å². The number of nitrogens with one attached hydrogen (secondary N) is 1. The lowest BCUT2D eigenvalue weighted by molar-refractivity contribution is -0.136. The highest BCUT2D eigenvalue weighted by atomic mass is 19.4. The van der Waals surface area contributed by atoms with Crippen LogP contribution in [0.5, 0.6) is 0 Å². The van der Waals surface area contributed by atoms with Crippen LogP contribution in [-0.2, 0) is 11.0 Å². The van der Waals surface area contributed by atoms with E-state index in [1.54, 1.807) is 17.0 Å². The third-order valence-corrected chi connectivity index (χ3v) is 4.96. The number of benzene rings is 1. The summed E-state index contributed by atoms with van der Waals surface area (Å²) in [6.07, 6.45) is -2.14. The standard InChI is InChI=1S/C22H19F3N4O2/c1-26-19-6-5-17(13-18(19)22(23,24)25)29-10-8-16(9-11-29)21(31)28-20-7-4-15(14-27-20)3-2-12-30/h4-7,13-14,16,30H,8-12H2,(H,27,28,31). The van der Waals surface area contributed by atoms with Crippen molar-refractivity contribution in [3.05, 3.63) is 59.1 Å². The molecule has 0 aliphatic carbocycles. The van der Waals surface area contributed by atoms with Crippen LogP contribution in [0, 0.1) is 24.3 Å². The van der Waals surface area contributed by atoms with E-state index in [2.05, 4.69) is 27.0 Å². The van der Waals surface area contributed by atoms with Crippen LogP contribution in [0.15, 0.2) is 36.5 Å². The number of carbonyl (C=O) groups excluding carboxylic acids is 1. The monoisotopic (exact) mass is 428 g/mol. The summed E-state index contributed by atoms with van der Waals surface area (Å²) in [7, 11) is 0. The molecule has 2 aromatic rings. The van der Waals surface area contributed by atoms with Crippen LogP contribution >= 0.6 is 0 Å². The molecule has 1 amide bonds. The average molecular weight is 428 g/mol. The Morgan fingerprint density at radius 2 is 2.03 bits per heavy atom. The summed E-state index contributed by atoms with van der Waals surface area (Å²) in [5.74, 6) is 5.13.